The smallest absolute Gasteiger partial charge is 0.0701 e. The molecule has 0 spiro atoms. The van der Waals surface area contributed by atoms with Crippen LogP contribution in [0.2, 0.25) is 0 Å². The fourth-order valence-electron chi connectivity index (χ4n) is 1.02. The van der Waals surface area contributed by atoms with Crippen molar-refractivity contribution in [2.75, 3.05) is 14.2 Å². The maximum Gasteiger partial charge on any atom is 0.0701 e. The standard InChI is InChI=1S/C9H7N.C2H6O/c1-2-6-9-8(4-1)5-3-7-10-9;1-3-2/h1-7H;1-2H3. The van der Waals surface area contributed by atoms with Gasteiger partial charge in [0.1, 0.15) is 0 Å². The van der Waals surface area contributed by atoms with E-state index in [0.29, 0.717) is 0 Å². The zero-order valence-corrected chi connectivity index (χ0v) is 7.90. The molecule has 0 radical (unpaired) electrons. The van der Waals surface area contributed by atoms with Crippen molar-refractivity contribution in [3.05, 3.63) is 42.6 Å². The van der Waals surface area contributed by atoms with Crippen molar-refractivity contribution in [3.63, 3.8) is 0 Å². The molecule has 0 aliphatic carbocycles. The van der Waals surface area contributed by atoms with Gasteiger partial charge in [-0.2, -0.15) is 0 Å². The average molecular weight is 175 g/mol. The van der Waals surface area contributed by atoms with Gasteiger partial charge in [0.2, 0.25) is 0 Å². The highest BCUT2D eigenvalue weighted by molar-refractivity contribution is 5.77. The summed E-state index contributed by atoms with van der Waals surface area (Å²) < 4.78 is 4.25. The molecule has 2 heteroatoms. The lowest BCUT2D eigenvalue weighted by molar-refractivity contribution is 0.277. The van der Waals surface area contributed by atoms with Crippen LogP contribution >= 0.6 is 0 Å². The van der Waals surface area contributed by atoms with Gasteiger partial charge in [-0.25, -0.2) is 0 Å². The van der Waals surface area contributed by atoms with E-state index in [9.17, 15) is 0 Å². The third kappa shape index (κ3) is 2.84. The zero-order chi connectivity index (χ0) is 9.52. The molecule has 2 nitrogen and oxygen atoms in total. The number of fused-ring (bicyclic) bond motifs is 1. The van der Waals surface area contributed by atoms with Crippen molar-refractivity contribution in [1.29, 1.82) is 0 Å². The van der Waals surface area contributed by atoms with E-state index in [1.165, 1.54) is 5.39 Å². The first-order valence-electron chi connectivity index (χ1n) is 4.08. The number of rotatable bonds is 0. The SMILES string of the molecule is COC.c1ccc2ncccc2c1. The number of aromatic nitrogens is 1. The van der Waals surface area contributed by atoms with E-state index in [0.717, 1.165) is 5.52 Å². The second-order valence-corrected chi connectivity index (χ2v) is 2.60. The van der Waals surface area contributed by atoms with Gasteiger partial charge < -0.3 is 4.74 Å². The van der Waals surface area contributed by atoms with Gasteiger partial charge in [-0.3, -0.25) is 4.98 Å². The molecule has 0 amide bonds. The molecule has 0 fully saturated rings. The molecule has 0 saturated carbocycles. The van der Waals surface area contributed by atoms with Gasteiger partial charge in [0.05, 0.1) is 5.52 Å². The summed E-state index contributed by atoms with van der Waals surface area (Å²) in [6.07, 6.45) is 1.81. The second-order valence-electron chi connectivity index (χ2n) is 2.60. The highest BCUT2D eigenvalue weighted by Crippen LogP contribution is 2.07. The number of para-hydroxylation sites is 1. The first-order chi connectivity index (χ1) is 6.38. The van der Waals surface area contributed by atoms with E-state index in [2.05, 4.69) is 21.9 Å². The van der Waals surface area contributed by atoms with Crippen LogP contribution in [0.4, 0.5) is 0 Å². The van der Waals surface area contributed by atoms with Gasteiger partial charge in [0.15, 0.2) is 0 Å². The fraction of sp³-hybridized carbons (Fsp3) is 0.182. The van der Waals surface area contributed by atoms with Crippen LogP contribution in [0.5, 0.6) is 0 Å². The molecule has 0 unspecified atom stereocenters. The van der Waals surface area contributed by atoms with E-state index < -0.39 is 0 Å². The minimum absolute atomic E-state index is 1.06. The molecule has 0 N–H and O–H groups in total. The molecule has 1 aromatic carbocycles. The Morgan fingerprint density at radius 3 is 2.31 bits per heavy atom. The van der Waals surface area contributed by atoms with E-state index in [4.69, 9.17) is 0 Å². The Labute approximate surface area is 78.2 Å². The van der Waals surface area contributed by atoms with Gasteiger partial charge in [0, 0.05) is 25.8 Å². The molecule has 0 bridgehead atoms. The number of ether oxygens (including phenoxy) is 1. The highest BCUT2D eigenvalue weighted by atomic mass is 16.4. The summed E-state index contributed by atoms with van der Waals surface area (Å²) in [7, 11) is 3.25. The third-order valence-corrected chi connectivity index (χ3v) is 1.51. The summed E-state index contributed by atoms with van der Waals surface area (Å²) in [4.78, 5) is 4.18. The second kappa shape index (κ2) is 5.27. The molecular formula is C11H13NO. The summed E-state index contributed by atoms with van der Waals surface area (Å²) in [6.45, 7) is 0. The Morgan fingerprint density at radius 1 is 1.00 bits per heavy atom. The number of benzene rings is 1. The topological polar surface area (TPSA) is 22.1 Å². The first-order valence-corrected chi connectivity index (χ1v) is 4.08. The summed E-state index contributed by atoms with van der Waals surface area (Å²) in [5, 5.41) is 1.20. The monoisotopic (exact) mass is 175 g/mol. The molecular weight excluding hydrogens is 162 g/mol. The lowest BCUT2D eigenvalue weighted by Gasteiger charge is -1.91. The Morgan fingerprint density at radius 2 is 1.62 bits per heavy atom. The van der Waals surface area contributed by atoms with E-state index in [-0.39, 0.29) is 0 Å². The quantitative estimate of drug-likeness (QED) is 0.613. The summed E-state index contributed by atoms with van der Waals surface area (Å²) in [5.74, 6) is 0. The maximum atomic E-state index is 4.25. The minimum atomic E-state index is 1.06. The summed E-state index contributed by atoms with van der Waals surface area (Å²) in [5.41, 5.74) is 1.06. The van der Waals surface area contributed by atoms with Crippen molar-refractivity contribution in [2.45, 2.75) is 0 Å². The van der Waals surface area contributed by atoms with Crippen molar-refractivity contribution in [2.24, 2.45) is 0 Å². The number of hydrogen-bond donors (Lipinski definition) is 0. The van der Waals surface area contributed by atoms with E-state index >= 15 is 0 Å². The van der Waals surface area contributed by atoms with Crippen molar-refractivity contribution >= 4 is 10.9 Å². The van der Waals surface area contributed by atoms with Crippen molar-refractivity contribution in [1.82, 2.24) is 4.98 Å². The molecule has 1 heterocycles. The predicted octanol–water partition coefficient (Wildman–Crippen LogP) is 2.50. The molecule has 0 saturated heterocycles. The number of nitrogens with zero attached hydrogens (tertiary/aromatic N) is 1. The molecule has 13 heavy (non-hydrogen) atoms. The number of methoxy groups -OCH3 is 1. The van der Waals surface area contributed by atoms with Gasteiger partial charge in [0.25, 0.3) is 0 Å². The summed E-state index contributed by atoms with van der Waals surface area (Å²) >= 11 is 0. The Kier molecular flexibility index (Phi) is 3.93. The molecule has 1 aromatic heterocycles. The van der Waals surface area contributed by atoms with Gasteiger partial charge >= 0.3 is 0 Å². The van der Waals surface area contributed by atoms with Crippen molar-refractivity contribution in [3.8, 4) is 0 Å². The van der Waals surface area contributed by atoms with Crippen LogP contribution < -0.4 is 0 Å². The van der Waals surface area contributed by atoms with Crippen LogP contribution in [0.3, 0.4) is 0 Å². The van der Waals surface area contributed by atoms with Crippen molar-refractivity contribution < 1.29 is 4.74 Å². The first kappa shape index (κ1) is 9.68. The van der Waals surface area contributed by atoms with Crippen LogP contribution in [0.1, 0.15) is 0 Å². The summed E-state index contributed by atoms with van der Waals surface area (Å²) in [6, 6.07) is 12.1. The van der Waals surface area contributed by atoms with Gasteiger partial charge in [-0.15, -0.1) is 0 Å². The van der Waals surface area contributed by atoms with E-state index in [1.54, 1.807) is 14.2 Å². The van der Waals surface area contributed by atoms with Crippen LogP contribution in [0, 0.1) is 0 Å². The Hall–Kier alpha value is -1.41. The fourth-order valence-corrected chi connectivity index (χ4v) is 1.02. The number of hydrogen-bond acceptors (Lipinski definition) is 2. The van der Waals surface area contributed by atoms with Crippen LogP contribution in [0.25, 0.3) is 10.9 Å². The number of pyridine rings is 1. The van der Waals surface area contributed by atoms with E-state index in [1.807, 2.05) is 30.5 Å². The molecule has 68 valence electrons. The lowest BCUT2D eigenvalue weighted by atomic mass is 10.2. The molecule has 2 aromatic rings. The Bertz CT molecular complexity index is 294. The molecule has 0 aliphatic rings. The molecule has 2 rings (SSSR count). The highest BCUT2D eigenvalue weighted by Gasteiger charge is 1.86. The van der Waals surface area contributed by atoms with Crippen LogP contribution in [-0.2, 0) is 4.74 Å². The van der Waals surface area contributed by atoms with Gasteiger partial charge in [-0.05, 0) is 12.1 Å². The van der Waals surface area contributed by atoms with Gasteiger partial charge in [-0.1, -0.05) is 24.3 Å². The molecule has 0 aliphatic heterocycles. The van der Waals surface area contributed by atoms with Crippen LogP contribution in [0.15, 0.2) is 42.6 Å². The zero-order valence-electron chi connectivity index (χ0n) is 7.90. The Balaban J connectivity index is 0.000000251. The average Bonchev–Trinajstić information content (AvgIpc) is 2.19. The third-order valence-electron chi connectivity index (χ3n) is 1.51. The molecule has 0 atom stereocenters. The largest absolute Gasteiger partial charge is 0.388 e. The minimum Gasteiger partial charge on any atom is -0.388 e. The maximum absolute atomic E-state index is 4.25. The predicted molar refractivity (Wildman–Crippen MR) is 54.7 cm³/mol. The van der Waals surface area contributed by atoms with Crippen LogP contribution in [-0.4, -0.2) is 19.2 Å². The normalized spacial score (nSPS) is 9.08. The lowest BCUT2D eigenvalue weighted by Crippen LogP contribution is -1.73.